The van der Waals surface area contributed by atoms with E-state index < -0.39 is 0 Å². The molecular formula is C30H46N2O6. The molecule has 0 aliphatic carbocycles. The maximum atomic E-state index is 13.5. The zero-order valence-corrected chi connectivity index (χ0v) is 23.7. The molecular weight excluding hydrogens is 484 g/mol. The molecule has 0 aliphatic heterocycles. The second-order valence-corrected chi connectivity index (χ2v) is 9.51. The van der Waals surface area contributed by atoms with Gasteiger partial charge in [-0.15, -0.1) is 0 Å². The molecule has 8 nitrogen and oxygen atoms in total. The molecule has 0 saturated carbocycles. The molecule has 0 saturated heterocycles. The van der Waals surface area contributed by atoms with E-state index in [1.54, 1.807) is 37.4 Å². The van der Waals surface area contributed by atoms with Gasteiger partial charge in [0.25, 0.3) is 0 Å². The molecule has 2 amide bonds. The van der Waals surface area contributed by atoms with Crippen LogP contribution in [0.1, 0.15) is 69.6 Å². The van der Waals surface area contributed by atoms with Gasteiger partial charge in [0.15, 0.2) is 11.5 Å². The fourth-order valence-corrected chi connectivity index (χ4v) is 4.33. The maximum absolute atomic E-state index is 13.5. The minimum atomic E-state index is -0.120. The Balaban J connectivity index is 2.01. The molecule has 0 unspecified atom stereocenters. The van der Waals surface area contributed by atoms with Crippen LogP contribution in [0.3, 0.4) is 0 Å². The maximum Gasteiger partial charge on any atom is 0.242 e. The highest BCUT2D eigenvalue weighted by Crippen LogP contribution is 2.27. The quantitative estimate of drug-likeness (QED) is 0.211. The van der Waals surface area contributed by atoms with E-state index >= 15 is 0 Å². The number of hydrogen-bond donors (Lipinski definition) is 0. The number of methoxy groups -OCH3 is 3. The molecule has 8 heteroatoms. The molecule has 0 atom stereocenters. The Morgan fingerprint density at radius 1 is 0.842 bits per heavy atom. The summed E-state index contributed by atoms with van der Waals surface area (Å²) in [5, 5.41) is 0. The van der Waals surface area contributed by atoms with Crippen molar-refractivity contribution in [2.75, 3.05) is 47.6 Å². The second kappa shape index (κ2) is 18.3. The SMILES string of the molecule is CCCCCCCCCC(=O)N(CCOC)CC(=O)N(CCc1ccc(OC)c(OC)c1)Cc1ccco1. The molecule has 0 N–H and O–H groups in total. The summed E-state index contributed by atoms with van der Waals surface area (Å²) in [7, 11) is 4.81. The topological polar surface area (TPSA) is 81.5 Å². The highest BCUT2D eigenvalue weighted by molar-refractivity contribution is 5.84. The molecule has 0 fully saturated rings. The van der Waals surface area contributed by atoms with Gasteiger partial charge < -0.3 is 28.4 Å². The van der Waals surface area contributed by atoms with Gasteiger partial charge in [-0.05, 0) is 42.7 Å². The highest BCUT2D eigenvalue weighted by Gasteiger charge is 2.22. The molecule has 1 heterocycles. The smallest absolute Gasteiger partial charge is 0.242 e. The van der Waals surface area contributed by atoms with Crippen LogP contribution in [0.2, 0.25) is 0 Å². The lowest BCUT2D eigenvalue weighted by molar-refractivity contribution is -0.141. The predicted molar refractivity (Wildman–Crippen MR) is 148 cm³/mol. The Bertz CT molecular complexity index is 931. The van der Waals surface area contributed by atoms with E-state index in [9.17, 15) is 9.59 Å². The van der Waals surface area contributed by atoms with E-state index in [0.717, 1.165) is 24.8 Å². The highest BCUT2D eigenvalue weighted by atomic mass is 16.5. The van der Waals surface area contributed by atoms with Crippen LogP contribution in [0.25, 0.3) is 0 Å². The average Bonchev–Trinajstić information content (AvgIpc) is 3.45. The molecule has 38 heavy (non-hydrogen) atoms. The van der Waals surface area contributed by atoms with Crippen LogP contribution in [-0.2, 0) is 27.3 Å². The molecule has 2 rings (SSSR count). The van der Waals surface area contributed by atoms with Crippen LogP contribution in [0.15, 0.2) is 41.0 Å². The number of benzene rings is 1. The van der Waals surface area contributed by atoms with Crippen molar-refractivity contribution in [3.8, 4) is 11.5 Å². The number of ether oxygens (including phenoxy) is 3. The van der Waals surface area contributed by atoms with E-state index in [0.29, 0.717) is 56.3 Å². The summed E-state index contributed by atoms with van der Waals surface area (Å²) in [6.45, 7) is 3.82. The number of furan rings is 1. The summed E-state index contributed by atoms with van der Waals surface area (Å²) in [5.74, 6) is 1.89. The van der Waals surface area contributed by atoms with Crippen molar-refractivity contribution in [3.05, 3.63) is 47.9 Å². The van der Waals surface area contributed by atoms with Gasteiger partial charge >= 0.3 is 0 Å². The van der Waals surface area contributed by atoms with Gasteiger partial charge in [0, 0.05) is 26.6 Å². The first-order valence-electron chi connectivity index (χ1n) is 13.8. The van der Waals surface area contributed by atoms with Gasteiger partial charge in [-0.1, -0.05) is 51.5 Å². The first-order chi connectivity index (χ1) is 18.5. The number of nitrogens with zero attached hydrogens (tertiary/aromatic N) is 2. The fraction of sp³-hybridized carbons (Fsp3) is 0.600. The molecule has 1 aromatic carbocycles. The first-order valence-corrected chi connectivity index (χ1v) is 13.8. The van der Waals surface area contributed by atoms with Crippen molar-refractivity contribution in [1.29, 1.82) is 0 Å². The normalized spacial score (nSPS) is 10.8. The van der Waals surface area contributed by atoms with Crippen LogP contribution in [0.4, 0.5) is 0 Å². The summed E-state index contributed by atoms with van der Waals surface area (Å²) in [6, 6.07) is 9.41. The molecule has 0 aliphatic rings. The van der Waals surface area contributed by atoms with Crippen molar-refractivity contribution >= 4 is 11.8 Å². The van der Waals surface area contributed by atoms with Crippen LogP contribution in [0, 0.1) is 0 Å². The van der Waals surface area contributed by atoms with E-state index in [2.05, 4.69) is 6.92 Å². The summed E-state index contributed by atoms with van der Waals surface area (Å²) < 4.78 is 21.5. The van der Waals surface area contributed by atoms with Gasteiger partial charge in [-0.3, -0.25) is 9.59 Å². The predicted octanol–water partition coefficient (Wildman–Crippen LogP) is 5.48. The van der Waals surface area contributed by atoms with Gasteiger partial charge in [-0.25, -0.2) is 0 Å². The molecule has 2 aromatic rings. The number of hydrogen-bond acceptors (Lipinski definition) is 6. The molecule has 1 aromatic heterocycles. The van der Waals surface area contributed by atoms with Gasteiger partial charge in [0.1, 0.15) is 5.76 Å². The van der Waals surface area contributed by atoms with E-state index in [-0.39, 0.29) is 18.4 Å². The van der Waals surface area contributed by atoms with Gasteiger partial charge in [0.05, 0.1) is 40.2 Å². The summed E-state index contributed by atoms with van der Waals surface area (Å²) in [6.07, 6.45) is 10.7. The molecule has 0 bridgehead atoms. The van der Waals surface area contributed by atoms with Crippen molar-refractivity contribution in [3.63, 3.8) is 0 Å². The molecule has 0 radical (unpaired) electrons. The number of unbranched alkanes of at least 4 members (excludes halogenated alkanes) is 6. The number of carbonyl (C=O) groups excluding carboxylic acids is 2. The Labute approximate surface area is 228 Å². The van der Waals surface area contributed by atoms with Crippen molar-refractivity contribution in [2.45, 2.75) is 71.3 Å². The Kier molecular flexibility index (Phi) is 15.0. The van der Waals surface area contributed by atoms with Crippen LogP contribution < -0.4 is 9.47 Å². The standard InChI is InChI=1S/C30H46N2O6/c1-5-6-7-8-9-10-11-14-29(33)32(19-21-35-2)24-30(34)31(23-26-13-12-20-38-26)18-17-25-15-16-27(36-3)28(22-25)37-4/h12-13,15-16,20,22H,5-11,14,17-19,21,23-24H2,1-4H3. The second-order valence-electron chi connectivity index (χ2n) is 9.51. The summed E-state index contributed by atoms with van der Waals surface area (Å²) >= 11 is 0. The monoisotopic (exact) mass is 530 g/mol. The van der Waals surface area contributed by atoms with Crippen molar-refractivity contribution in [1.82, 2.24) is 9.80 Å². The first kappa shape index (κ1) is 31.2. The lowest BCUT2D eigenvalue weighted by Gasteiger charge is -2.27. The third kappa shape index (κ3) is 11.2. The molecule has 0 spiro atoms. The molecule has 212 valence electrons. The number of rotatable bonds is 20. The van der Waals surface area contributed by atoms with Crippen LogP contribution in [0.5, 0.6) is 11.5 Å². The lowest BCUT2D eigenvalue weighted by Crippen LogP contribution is -2.44. The third-order valence-electron chi connectivity index (χ3n) is 6.64. The van der Waals surface area contributed by atoms with Gasteiger partial charge in [-0.2, -0.15) is 0 Å². The number of carbonyl (C=O) groups is 2. The van der Waals surface area contributed by atoms with Gasteiger partial charge in [0.2, 0.25) is 11.8 Å². The Hall–Kier alpha value is -3.00. The van der Waals surface area contributed by atoms with E-state index in [1.165, 1.54) is 25.7 Å². The average molecular weight is 531 g/mol. The van der Waals surface area contributed by atoms with E-state index in [1.807, 2.05) is 30.3 Å². The number of amides is 2. The summed E-state index contributed by atoms with van der Waals surface area (Å²) in [4.78, 5) is 29.9. The zero-order chi connectivity index (χ0) is 27.6. The minimum Gasteiger partial charge on any atom is -0.493 e. The van der Waals surface area contributed by atoms with Crippen molar-refractivity contribution < 1.29 is 28.2 Å². The van der Waals surface area contributed by atoms with Crippen LogP contribution >= 0.6 is 0 Å². The third-order valence-corrected chi connectivity index (χ3v) is 6.64. The Morgan fingerprint density at radius 3 is 2.24 bits per heavy atom. The van der Waals surface area contributed by atoms with Crippen molar-refractivity contribution in [2.24, 2.45) is 0 Å². The fourth-order valence-electron chi connectivity index (χ4n) is 4.33. The Morgan fingerprint density at radius 2 is 1.58 bits per heavy atom. The van der Waals surface area contributed by atoms with E-state index in [4.69, 9.17) is 18.6 Å². The minimum absolute atomic E-state index is 0.00166. The largest absolute Gasteiger partial charge is 0.493 e. The lowest BCUT2D eigenvalue weighted by atomic mass is 10.1. The summed E-state index contributed by atoms with van der Waals surface area (Å²) in [5.41, 5.74) is 1.02. The van der Waals surface area contributed by atoms with Crippen LogP contribution in [-0.4, -0.2) is 69.2 Å². The zero-order valence-electron chi connectivity index (χ0n) is 23.7.